The van der Waals surface area contributed by atoms with Gasteiger partial charge in [-0.3, -0.25) is 9.59 Å². The van der Waals surface area contributed by atoms with Crippen LogP contribution in [0, 0.1) is 5.92 Å². The number of aryl methyl sites for hydroxylation is 2. The zero-order valence-corrected chi connectivity index (χ0v) is 19.7. The van der Waals surface area contributed by atoms with E-state index in [0.29, 0.717) is 43.6 Å². The minimum Gasteiger partial charge on any atom is -0.489 e. The van der Waals surface area contributed by atoms with Gasteiger partial charge in [0, 0.05) is 18.7 Å². The van der Waals surface area contributed by atoms with Gasteiger partial charge in [0.25, 0.3) is 5.56 Å². The predicted octanol–water partition coefficient (Wildman–Crippen LogP) is 5.18. The Hall–Kier alpha value is -3.39. The number of carbonyl (C=O) groups excluding carboxylic acids is 1. The van der Waals surface area contributed by atoms with E-state index in [-0.39, 0.29) is 18.0 Å². The van der Waals surface area contributed by atoms with Crippen LogP contribution in [0.4, 0.5) is 13.2 Å². The largest absolute Gasteiger partial charge is 0.489 e. The number of rotatable bonds is 8. The highest BCUT2D eigenvalue weighted by Crippen LogP contribution is 2.31. The van der Waals surface area contributed by atoms with Crippen LogP contribution >= 0.6 is 0 Å². The average molecular weight is 500 g/mol. The van der Waals surface area contributed by atoms with Crippen molar-refractivity contribution in [1.29, 1.82) is 0 Å². The zero-order valence-electron chi connectivity index (χ0n) is 19.7. The van der Waals surface area contributed by atoms with Crippen molar-refractivity contribution in [3.63, 3.8) is 0 Å². The molecule has 1 N–H and O–H groups in total. The van der Waals surface area contributed by atoms with E-state index in [0.717, 1.165) is 16.7 Å². The lowest BCUT2D eigenvalue weighted by Crippen LogP contribution is -2.25. The van der Waals surface area contributed by atoms with Crippen molar-refractivity contribution in [2.75, 3.05) is 0 Å². The van der Waals surface area contributed by atoms with Gasteiger partial charge < -0.3 is 14.4 Å². The summed E-state index contributed by atoms with van der Waals surface area (Å²) in [5, 5.41) is 10.8. The second kappa shape index (κ2) is 11.1. The molecule has 0 bridgehead atoms. The minimum absolute atomic E-state index is 0.0549. The monoisotopic (exact) mass is 499 g/mol. The van der Waals surface area contributed by atoms with Gasteiger partial charge in [0.1, 0.15) is 12.4 Å². The van der Waals surface area contributed by atoms with Gasteiger partial charge in [0.2, 0.25) is 5.78 Å². The van der Waals surface area contributed by atoms with Crippen LogP contribution < -0.4 is 10.3 Å². The molecule has 5 nitrogen and oxygen atoms in total. The van der Waals surface area contributed by atoms with E-state index < -0.39 is 24.5 Å². The molecule has 4 rings (SSSR count). The van der Waals surface area contributed by atoms with Crippen LogP contribution in [0.5, 0.6) is 5.75 Å². The summed E-state index contributed by atoms with van der Waals surface area (Å²) in [7, 11) is 0. The van der Waals surface area contributed by atoms with Crippen LogP contribution in [0.15, 0.2) is 71.7 Å². The standard InChI is InChI=1S/C28H28F3NO4/c29-28(30,31)26(34)14-19-6-8-21-10-11-23(15-22(21)9-7-19)25(33)17-32-13-12-24(16-27(32)35)36-18-20-4-2-1-3-5-20/h1-5,10-13,15-16,19,25,33H,6-9,14,17-18H2. The van der Waals surface area contributed by atoms with E-state index in [4.69, 9.17) is 4.74 Å². The third-order valence-corrected chi connectivity index (χ3v) is 6.63. The summed E-state index contributed by atoms with van der Waals surface area (Å²) in [6.45, 7) is 0.395. The number of hydrogen-bond donors (Lipinski definition) is 1. The highest BCUT2D eigenvalue weighted by Gasteiger charge is 2.39. The fourth-order valence-electron chi connectivity index (χ4n) is 4.54. The Bertz CT molecular complexity index is 1250. The molecule has 2 aromatic carbocycles. The number of aromatic nitrogens is 1. The molecule has 0 saturated carbocycles. The van der Waals surface area contributed by atoms with Gasteiger partial charge in [0.15, 0.2) is 0 Å². The van der Waals surface area contributed by atoms with E-state index in [9.17, 15) is 27.9 Å². The predicted molar refractivity (Wildman–Crippen MR) is 129 cm³/mol. The van der Waals surface area contributed by atoms with Crippen molar-refractivity contribution in [2.24, 2.45) is 5.92 Å². The summed E-state index contributed by atoms with van der Waals surface area (Å²) in [6.07, 6.45) is -2.50. The van der Waals surface area contributed by atoms with E-state index in [1.54, 1.807) is 18.3 Å². The normalized spacial score (nSPS) is 16.6. The molecule has 0 spiro atoms. The lowest BCUT2D eigenvalue weighted by atomic mass is 9.93. The summed E-state index contributed by atoms with van der Waals surface area (Å²) in [5.74, 6) is -1.55. The van der Waals surface area contributed by atoms with Crippen LogP contribution in [-0.2, 0) is 30.8 Å². The molecule has 190 valence electrons. The Morgan fingerprint density at radius 2 is 1.75 bits per heavy atom. The molecule has 3 aromatic rings. The molecule has 0 radical (unpaired) electrons. The highest BCUT2D eigenvalue weighted by molar-refractivity contribution is 5.84. The average Bonchev–Trinajstić information content (AvgIpc) is 3.06. The molecule has 0 fully saturated rings. The molecule has 2 atom stereocenters. The first-order valence-electron chi connectivity index (χ1n) is 12.0. The number of carbonyl (C=O) groups is 1. The van der Waals surface area contributed by atoms with Crippen molar-refractivity contribution in [3.05, 3.63) is 99.5 Å². The van der Waals surface area contributed by atoms with Gasteiger partial charge >= 0.3 is 6.18 Å². The number of pyridine rings is 1. The number of ether oxygens (including phenoxy) is 1. The number of benzene rings is 2. The summed E-state index contributed by atoms with van der Waals surface area (Å²) < 4.78 is 45.0. The van der Waals surface area contributed by atoms with Crippen LogP contribution in [0.3, 0.4) is 0 Å². The van der Waals surface area contributed by atoms with Crippen LogP contribution in [0.1, 0.15) is 47.6 Å². The Morgan fingerprint density at radius 1 is 1.03 bits per heavy atom. The van der Waals surface area contributed by atoms with E-state index in [2.05, 4.69) is 0 Å². The number of Topliss-reactive ketones (excluding diaryl/α,β-unsaturated/α-hetero) is 1. The molecular formula is C28H28F3NO4. The number of nitrogens with zero attached hydrogens (tertiary/aromatic N) is 1. The lowest BCUT2D eigenvalue weighted by Gasteiger charge is -2.16. The SMILES string of the molecule is O=C(CC1CCc2ccc(C(O)Cn3ccc(OCc4ccccc4)cc3=O)cc2CC1)C(F)(F)F. The Labute approximate surface area is 207 Å². The number of aliphatic hydroxyl groups is 1. The number of ketones is 1. The number of fused-ring (bicyclic) bond motifs is 1. The maximum atomic E-state index is 12.6. The molecule has 0 saturated heterocycles. The molecule has 2 unspecified atom stereocenters. The first kappa shape index (κ1) is 25.7. The second-order valence-electron chi connectivity index (χ2n) is 9.24. The van der Waals surface area contributed by atoms with Crippen LogP contribution in [0.2, 0.25) is 0 Å². The molecule has 1 aliphatic rings. The molecule has 1 heterocycles. The number of alkyl halides is 3. The van der Waals surface area contributed by atoms with Gasteiger partial charge in [-0.05, 0) is 59.9 Å². The summed E-state index contributed by atoms with van der Waals surface area (Å²) in [5.41, 5.74) is 3.30. The quantitative estimate of drug-likeness (QED) is 0.434. The van der Waals surface area contributed by atoms with Gasteiger partial charge in [0.05, 0.1) is 12.6 Å². The lowest BCUT2D eigenvalue weighted by molar-refractivity contribution is -0.172. The summed E-state index contributed by atoms with van der Waals surface area (Å²) >= 11 is 0. The smallest absolute Gasteiger partial charge is 0.449 e. The molecule has 36 heavy (non-hydrogen) atoms. The number of aliphatic hydroxyl groups excluding tert-OH is 1. The highest BCUT2D eigenvalue weighted by atomic mass is 19.4. The summed E-state index contributed by atoms with van der Waals surface area (Å²) in [6, 6.07) is 18.2. The topological polar surface area (TPSA) is 68.5 Å². The maximum Gasteiger partial charge on any atom is 0.449 e. The number of halogens is 3. The van der Waals surface area contributed by atoms with Crippen molar-refractivity contribution in [1.82, 2.24) is 4.57 Å². The Morgan fingerprint density at radius 3 is 2.44 bits per heavy atom. The molecule has 0 aliphatic heterocycles. The third kappa shape index (κ3) is 6.63. The second-order valence-corrected chi connectivity index (χ2v) is 9.24. The maximum absolute atomic E-state index is 12.6. The van der Waals surface area contributed by atoms with E-state index in [1.807, 2.05) is 42.5 Å². The van der Waals surface area contributed by atoms with Gasteiger partial charge in [-0.1, -0.05) is 48.5 Å². The molecule has 8 heteroatoms. The first-order valence-corrected chi connectivity index (χ1v) is 12.0. The van der Waals surface area contributed by atoms with Crippen molar-refractivity contribution in [3.8, 4) is 5.75 Å². The first-order chi connectivity index (χ1) is 17.2. The number of hydrogen-bond acceptors (Lipinski definition) is 4. The van der Waals surface area contributed by atoms with Crippen LogP contribution in [0.25, 0.3) is 0 Å². The Kier molecular flexibility index (Phi) is 7.94. The third-order valence-electron chi connectivity index (χ3n) is 6.63. The Balaban J connectivity index is 1.37. The molecule has 1 aromatic heterocycles. The fourth-order valence-corrected chi connectivity index (χ4v) is 4.54. The van der Waals surface area contributed by atoms with Gasteiger partial charge in [-0.25, -0.2) is 0 Å². The summed E-state index contributed by atoms with van der Waals surface area (Å²) in [4.78, 5) is 23.9. The van der Waals surface area contributed by atoms with Gasteiger partial charge in [-0.15, -0.1) is 0 Å². The van der Waals surface area contributed by atoms with Crippen molar-refractivity contribution in [2.45, 2.75) is 57.5 Å². The van der Waals surface area contributed by atoms with Crippen LogP contribution in [-0.4, -0.2) is 21.6 Å². The van der Waals surface area contributed by atoms with E-state index in [1.165, 1.54) is 10.6 Å². The molecular weight excluding hydrogens is 471 g/mol. The van der Waals surface area contributed by atoms with Crippen molar-refractivity contribution >= 4 is 5.78 Å². The zero-order chi connectivity index (χ0) is 25.7. The van der Waals surface area contributed by atoms with Crippen molar-refractivity contribution < 1.29 is 27.8 Å². The minimum atomic E-state index is -4.79. The van der Waals surface area contributed by atoms with E-state index >= 15 is 0 Å². The van der Waals surface area contributed by atoms with Gasteiger partial charge in [-0.2, -0.15) is 13.2 Å². The molecule has 1 aliphatic carbocycles. The molecule has 0 amide bonds. The fraction of sp³-hybridized carbons (Fsp3) is 0.357.